The molecule has 0 nitrogen and oxygen atoms in total. The van der Waals surface area contributed by atoms with Crippen molar-refractivity contribution in [1.82, 2.24) is 0 Å². The SMILES string of the molecule is CC(C)c1ccc[c]([Pd][CH2]Cl)c1. The zero-order valence-electron chi connectivity index (χ0n) is 7.29. The summed E-state index contributed by atoms with van der Waals surface area (Å²) in [6.07, 6.45) is 0. The third-order valence-electron chi connectivity index (χ3n) is 1.67. The standard InChI is InChI=1S/C9H11.CH2Cl.Pd/c1-8(2)9-6-4-3-5-7-9;1-2;/h3-4,6-8H,1-2H3;1H2;. The quantitative estimate of drug-likeness (QED) is 0.587. The monoisotopic (exact) mass is 274 g/mol. The van der Waals surface area contributed by atoms with Crippen LogP contribution in [0.4, 0.5) is 0 Å². The van der Waals surface area contributed by atoms with E-state index in [1.807, 2.05) is 0 Å². The van der Waals surface area contributed by atoms with E-state index in [2.05, 4.69) is 38.1 Å². The van der Waals surface area contributed by atoms with Crippen LogP contribution in [0.15, 0.2) is 24.3 Å². The second-order valence-electron chi connectivity index (χ2n) is 2.87. The minimum atomic E-state index is 0.556. The predicted octanol–water partition coefficient (Wildman–Crippen LogP) is 2.71. The van der Waals surface area contributed by atoms with Crippen LogP contribution in [0.25, 0.3) is 0 Å². The van der Waals surface area contributed by atoms with Crippen LogP contribution in [0.3, 0.4) is 0 Å². The molecular weight excluding hydrogens is 262 g/mol. The number of rotatable bonds is 3. The van der Waals surface area contributed by atoms with Crippen LogP contribution in [0, 0.1) is 0 Å². The molecule has 0 radical (unpaired) electrons. The summed E-state index contributed by atoms with van der Waals surface area (Å²) >= 11 is 6.25. The minimum absolute atomic E-state index is 0.556. The first-order valence-corrected chi connectivity index (χ1v) is 6.32. The van der Waals surface area contributed by atoms with Crippen LogP contribution in [-0.4, -0.2) is 4.35 Å². The normalized spacial score (nSPS) is 11.0. The molecule has 0 saturated heterocycles. The number of halogens is 1. The van der Waals surface area contributed by atoms with Gasteiger partial charge in [-0.15, -0.1) is 0 Å². The molecule has 0 unspecified atom stereocenters. The van der Waals surface area contributed by atoms with Gasteiger partial charge in [-0.3, -0.25) is 0 Å². The fourth-order valence-corrected chi connectivity index (χ4v) is 2.54. The predicted molar refractivity (Wildman–Crippen MR) is 50.9 cm³/mol. The Kier molecular flexibility index (Phi) is 4.29. The zero-order valence-corrected chi connectivity index (χ0v) is 9.60. The van der Waals surface area contributed by atoms with Gasteiger partial charge in [-0.05, 0) is 0 Å². The summed E-state index contributed by atoms with van der Waals surface area (Å²) in [5.74, 6) is 0.619. The summed E-state index contributed by atoms with van der Waals surface area (Å²) in [6.45, 7) is 4.43. The van der Waals surface area contributed by atoms with Gasteiger partial charge in [0.1, 0.15) is 0 Å². The van der Waals surface area contributed by atoms with Gasteiger partial charge in [0.25, 0.3) is 0 Å². The van der Waals surface area contributed by atoms with Crippen molar-refractivity contribution in [2.75, 3.05) is 4.35 Å². The summed E-state index contributed by atoms with van der Waals surface area (Å²) in [4.78, 5) is 0. The second-order valence-corrected chi connectivity index (χ2v) is 5.73. The Hall–Kier alpha value is 0.172. The van der Waals surface area contributed by atoms with Gasteiger partial charge < -0.3 is 0 Å². The molecule has 0 aliphatic carbocycles. The molecule has 0 fully saturated rings. The van der Waals surface area contributed by atoms with Crippen LogP contribution in [0.5, 0.6) is 0 Å². The molecule has 0 atom stereocenters. The van der Waals surface area contributed by atoms with Gasteiger partial charge in [-0.1, -0.05) is 0 Å². The van der Waals surface area contributed by atoms with Crippen LogP contribution < -0.4 is 4.04 Å². The molecule has 1 rings (SSSR count). The molecule has 0 aromatic heterocycles. The van der Waals surface area contributed by atoms with E-state index < -0.39 is 0 Å². The number of hydrogen-bond donors (Lipinski definition) is 0. The van der Waals surface area contributed by atoms with E-state index in [4.69, 9.17) is 11.6 Å². The summed E-state index contributed by atoms with van der Waals surface area (Å²) in [7, 11) is 0. The zero-order chi connectivity index (χ0) is 8.97. The first-order chi connectivity index (χ1) is 5.74. The van der Waals surface area contributed by atoms with Crippen molar-refractivity contribution in [3.8, 4) is 0 Å². The Morgan fingerprint density at radius 3 is 2.75 bits per heavy atom. The van der Waals surface area contributed by atoms with Crippen molar-refractivity contribution in [3.05, 3.63) is 29.8 Å². The van der Waals surface area contributed by atoms with Crippen LogP contribution in [-0.2, 0) is 18.0 Å². The molecule has 0 aliphatic heterocycles. The van der Waals surface area contributed by atoms with Crippen LogP contribution in [0.1, 0.15) is 25.3 Å². The summed E-state index contributed by atoms with van der Waals surface area (Å²) in [5, 5.41) is 0. The molecule has 0 spiro atoms. The third kappa shape index (κ3) is 2.90. The van der Waals surface area contributed by atoms with Crippen molar-refractivity contribution >= 4 is 15.6 Å². The topological polar surface area (TPSA) is 0 Å². The molecular formula is C10H13ClPd. The molecule has 0 bridgehead atoms. The van der Waals surface area contributed by atoms with Crippen molar-refractivity contribution in [2.45, 2.75) is 19.8 Å². The molecule has 0 amide bonds. The average Bonchev–Trinajstić information content (AvgIpc) is 2.05. The Morgan fingerprint density at radius 1 is 1.42 bits per heavy atom. The van der Waals surface area contributed by atoms with E-state index in [1.165, 1.54) is 9.60 Å². The molecule has 0 N–H and O–H groups in total. The number of hydrogen-bond acceptors (Lipinski definition) is 0. The Morgan fingerprint density at radius 2 is 2.17 bits per heavy atom. The molecule has 1 aromatic rings. The van der Waals surface area contributed by atoms with Crippen molar-refractivity contribution in [1.29, 1.82) is 0 Å². The Balaban J connectivity index is 2.81. The fraction of sp³-hybridized carbons (Fsp3) is 0.400. The van der Waals surface area contributed by atoms with E-state index in [-0.39, 0.29) is 0 Å². The fourth-order valence-electron chi connectivity index (χ4n) is 0.968. The van der Waals surface area contributed by atoms with Crippen molar-refractivity contribution in [3.63, 3.8) is 0 Å². The second kappa shape index (κ2) is 5.02. The van der Waals surface area contributed by atoms with E-state index in [1.54, 1.807) is 0 Å². The van der Waals surface area contributed by atoms with Gasteiger partial charge in [-0.2, -0.15) is 0 Å². The van der Waals surface area contributed by atoms with Gasteiger partial charge in [0.2, 0.25) is 0 Å². The number of benzene rings is 1. The first kappa shape index (κ1) is 10.3. The molecule has 0 saturated carbocycles. The van der Waals surface area contributed by atoms with E-state index in [0.717, 1.165) is 4.35 Å². The molecule has 1 aromatic carbocycles. The van der Waals surface area contributed by atoms with Crippen molar-refractivity contribution < 1.29 is 18.0 Å². The average molecular weight is 275 g/mol. The molecule has 2 heteroatoms. The molecule has 12 heavy (non-hydrogen) atoms. The molecule has 0 heterocycles. The third-order valence-corrected chi connectivity index (χ3v) is 3.49. The van der Waals surface area contributed by atoms with E-state index >= 15 is 0 Å². The summed E-state index contributed by atoms with van der Waals surface area (Å²) in [5.41, 5.74) is 1.41. The summed E-state index contributed by atoms with van der Waals surface area (Å²) in [6, 6.07) is 8.72. The van der Waals surface area contributed by atoms with Gasteiger partial charge in [0.05, 0.1) is 0 Å². The van der Waals surface area contributed by atoms with Gasteiger partial charge in [0, 0.05) is 0 Å². The van der Waals surface area contributed by atoms with Gasteiger partial charge in [-0.25, -0.2) is 0 Å². The Bertz CT molecular complexity index is 245. The van der Waals surface area contributed by atoms with Crippen LogP contribution >= 0.6 is 11.6 Å². The molecule has 70 valence electrons. The van der Waals surface area contributed by atoms with Gasteiger partial charge in [0.15, 0.2) is 0 Å². The Labute approximate surface area is 87.5 Å². The van der Waals surface area contributed by atoms with E-state index in [9.17, 15) is 0 Å². The summed E-state index contributed by atoms with van der Waals surface area (Å²) < 4.78 is 2.15. The first-order valence-electron chi connectivity index (χ1n) is 3.91. The van der Waals surface area contributed by atoms with Crippen molar-refractivity contribution in [2.24, 2.45) is 0 Å². The maximum atomic E-state index is 5.69. The number of alkyl halides is 1. The maximum absolute atomic E-state index is 5.69. The van der Waals surface area contributed by atoms with Gasteiger partial charge >= 0.3 is 87.6 Å². The van der Waals surface area contributed by atoms with E-state index in [0.29, 0.717) is 23.9 Å². The van der Waals surface area contributed by atoms with Crippen LogP contribution in [0.2, 0.25) is 0 Å². The molecule has 0 aliphatic rings.